The Morgan fingerprint density at radius 2 is 1.71 bits per heavy atom. The third-order valence-electron chi connectivity index (χ3n) is 4.35. The standard InChI is InChI=1S/C16H14O7S/c17-5-8-11(20)12(21)14-16(22-8)24-15-10(19)7-4-2-1-3-6(7)9(18)13(15)23-14/h1-4,8,11-12,14,16-17,20-21H,5H2/t8-,11-,12+,14-,16+/m0/s1. The number of hydrogen-bond acceptors (Lipinski definition) is 8. The van der Waals surface area contributed by atoms with Crippen LogP contribution in [-0.4, -0.2) is 63.3 Å². The highest BCUT2D eigenvalue weighted by atomic mass is 32.2. The molecule has 0 saturated carbocycles. The average molecular weight is 350 g/mol. The van der Waals surface area contributed by atoms with Crippen LogP contribution in [0.4, 0.5) is 0 Å². The summed E-state index contributed by atoms with van der Waals surface area (Å²) in [5.74, 6) is -0.896. The van der Waals surface area contributed by atoms with Crippen LogP contribution in [0.5, 0.6) is 0 Å². The first-order valence-electron chi connectivity index (χ1n) is 7.41. The number of fused-ring (bicyclic) bond motifs is 2. The van der Waals surface area contributed by atoms with Crippen molar-refractivity contribution in [2.75, 3.05) is 6.61 Å². The first-order chi connectivity index (χ1) is 11.5. The van der Waals surface area contributed by atoms with Crippen molar-refractivity contribution in [3.63, 3.8) is 0 Å². The molecule has 5 atom stereocenters. The Labute approximate surface area is 140 Å². The number of aliphatic hydroxyl groups excluding tert-OH is 3. The number of ketones is 2. The van der Waals surface area contributed by atoms with Gasteiger partial charge in [-0.05, 0) is 0 Å². The summed E-state index contributed by atoms with van der Waals surface area (Å²) in [7, 11) is 0. The zero-order chi connectivity index (χ0) is 17.0. The number of Topliss-reactive ketones (excluding diaryl/α,β-unsaturated/α-hetero) is 2. The molecule has 0 radical (unpaired) electrons. The number of carbonyl (C=O) groups excluding carboxylic acids is 2. The van der Waals surface area contributed by atoms with E-state index in [9.17, 15) is 24.9 Å². The van der Waals surface area contributed by atoms with Crippen molar-refractivity contribution in [1.29, 1.82) is 0 Å². The number of ether oxygens (including phenoxy) is 2. The van der Waals surface area contributed by atoms with Crippen LogP contribution in [0, 0.1) is 0 Å². The van der Waals surface area contributed by atoms with Crippen LogP contribution >= 0.6 is 11.8 Å². The summed E-state index contributed by atoms with van der Waals surface area (Å²) in [4.78, 5) is 25.4. The molecule has 3 aliphatic rings. The summed E-state index contributed by atoms with van der Waals surface area (Å²) < 4.78 is 11.1. The van der Waals surface area contributed by atoms with E-state index in [0.29, 0.717) is 5.56 Å². The van der Waals surface area contributed by atoms with Crippen LogP contribution in [0.25, 0.3) is 0 Å². The van der Waals surface area contributed by atoms with E-state index in [2.05, 4.69) is 0 Å². The van der Waals surface area contributed by atoms with Crippen LogP contribution in [0.15, 0.2) is 34.9 Å². The second kappa shape index (κ2) is 5.68. The molecule has 1 fully saturated rings. The largest absolute Gasteiger partial charge is 0.478 e. The molecular formula is C16H14O7S. The topological polar surface area (TPSA) is 113 Å². The fourth-order valence-electron chi connectivity index (χ4n) is 3.07. The van der Waals surface area contributed by atoms with Crippen LogP contribution in [0.3, 0.4) is 0 Å². The summed E-state index contributed by atoms with van der Waals surface area (Å²) in [6.45, 7) is -0.483. The van der Waals surface area contributed by atoms with E-state index in [0.717, 1.165) is 11.8 Å². The highest BCUT2D eigenvalue weighted by Gasteiger charge is 2.51. The van der Waals surface area contributed by atoms with Crippen LogP contribution in [0.1, 0.15) is 20.7 Å². The zero-order valence-electron chi connectivity index (χ0n) is 12.3. The van der Waals surface area contributed by atoms with Crippen molar-refractivity contribution >= 4 is 23.3 Å². The predicted octanol–water partition coefficient (Wildman–Crippen LogP) is -0.152. The molecule has 0 spiro atoms. The van der Waals surface area contributed by atoms with Gasteiger partial charge in [0.05, 0.1) is 6.61 Å². The van der Waals surface area contributed by atoms with Gasteiger partial charge >= 0.3 is 0 Å². The summed E-state index contributed by atoms with van der Waals surface area (Å²) in [5, 5.41) is 29.4. The van der Waals surface area contributed by atoms with Gasteiger partial charge in [-0.25, -0.2) is 0 Å². The smallest absolute Gasteiger partial charge is 0.229 e. The molecule has 24 heavy (non-hydrogen) atoms. The average Bonchev–Trinajstić information content (AvgIpc) is 2.61. The molecule has 1 aromatic rings. The van der Waals surface area contributed by atoms with Gasteiger partial charge in [-0.1, -0.05) is 36.0 Å². The van der Waals surface area contributed by atoms with Crippen molar-refractivity contribution in [1.82, 2.24) is 0 Å². The van der Waals surface area contributed by atoms with Crippen LogP contribution < -0.4 is 0 Å². The fourth-order valence-corrected chi connectivity index (χ4v) is 4.32. The molecule has 3 N–H and O–H groups in total. The normalized spacial score (nSPS) is 35.0. The molecule has 7 nitrogen and oxygen atoms in total. The lowest BCUT2D eigenvalue weighted by Crippen LogP contribution is -2.59. The molecule has 0 unspecified atom stereocenters. The van der Waals surface area contributed by atoms with Crippen molar-refractivity contribution < 1.29 is 34.4 Å². The fraction of sp³-hybridized carbons (Fsp3) is 0.375. The maximum atomic E-state index is 12.6. The van der Waals surface area contributed by atoms with Gasteiger partial charge in [0.25, 0.3) is 0 Å². The molecule has 1 aliphatic carbocycles. The third kappa shape index (κ3) is 2.15. The monoisotopic (exact) mass is 350 g/mol. The Balaban J connectivity index is 1.73. The van der Waals surface area contributed by atoms with E-state index in [1.54, 1.807) is 24.3 Å². The summed E-state index contributed by atoms with van der Waals surface area (Å²) >= 11 is 0.980. The predicted molar refractivity (Wildman–Crippen MR) is 82.4 cm³/mol. The SMILES string of the molecule is O=C1C2=C(S[C@H]3O[C@@H](CO)[C@H](O)[C@@H](O)[C@@H]3O2)C(=O)c2ccccc21. The van der Waals surface area contributed by atoms with E-state index >= 15 is 0 Å². The van der Waals surface area contributed by atoms with Gasteiger partial charge in [0.1, 0.15) is 28.7 Å². The lowest BCUT2D eigenvalue weighted by Gasteiger charge is -2.44. The van der Waals surface area contributed by atoms with Crippen molar-refractivity contribution in [3.05, 3.63) is 46.1 Å². The number of thioether (sulfide) groups is 1. The molecule has 0 aromatic heterocycles. The van der Waals surface area contributed by atoms with Gasteiger partial charge in [-0.2, -0.15) is 0 Å². The van der Waals surface area contributed by atoms with Crippen molar-refractivity contribution in [3.8, 4) is 0 Å². The quantitative estimate of drug-likeness (QED) is 0.641. The summed E-state index contributed by atoms with van der Waals surface area (Å²) in [6.07, 6.45) is -4.68. The molecule has 0 amide bonds. The number of allylic oxidation sites excluding steroid dienone is 2. The Morgan fingerprint density at radius 1 is 1.04 bits per heavy atom. The zero-order valence-corrected chi connectivity index (χ0v) is 13.1. The summed E-state index contributed by atoms with van der Waals surface area (Å²) in [5.41, 5.74) is -0.257. The first kappa shape index (κ1) is 15.8. The lowest BCUT2D eigenvalue weighted by atomic mass is 9.93. The van der Waals surface area contributed by atoms with E-state index in [4.69, 9.17) is 9.47 Å². The van der Waals surface area contributed by atoms with Gasteiger partial charge < -0.3 is 24.8 Å². The van der Waals surface area contributed by atoms with Gasteiger partial charge in [0.2, 0.25) is 11.6 Å². The number of aliphatic hydroxyl groups is 3. The van der Waals surface area contributed by atoms with Crippen LogP contribution in [0.2, 0.25) is 0 Å². The minimum absolute atomic E-state index is 0.123. The van der Waals surface area contributed by atoms with Crippen molar-refractivity contribution in [2.24, 2.45) is 0 Å². The molecule has 4 rings (SSSR count). The van der Waals surface area contributed by atoms with E-state index in [-0.39, 0.29) is 22.0 Å². The van der Waals surface area contributed by atoms with E-state index < -0.39 is 42.2 Å². The minimum atomic E-state index is -1.35. The van der Waals surface area contributed by atoms with Crippen molar-refractivity contribution in [2.45, 2.75) is 29.9 Å². The van der Waals surface area contributed by atoms with E-state index in [1.165, 1.54) is 0 Å². The number of hydrogen-bond donors (Lipinski definition) is 3. The second-order valence-electron chi connectivity index (χ2n) is 5.77. The molecule has 0 bridgehead atoms. The molecule has 8 heteroatoms. The Morgan fingerprint density at radius 3 is 2.38 bits per heavy atom. The molecular weight excluding hydrogens is 336 g/mol. The number of benzene rings is 1. The molecule has 1 saturated heterocycles. The maximum Gasteiger partial charge on any atom is 0.229 e. The van der Waals surface area contributed by atoms with Crippen LogP contribution in [-0.2, 0) is 9.47 Å². The minimum Gasteiger partial charge on any atom is -0.478 e. The van der Waals surface area contributed by atoms with Gasteiger partial charge in [-0.15, -0.1) is 0 Å². The molecule has 2 aliphatic heterocycles. The molecule has 2 heterocycles. The Hall–Kier alpha value is -1.71. The highest BCUT2D eigenvalue weighted by Crippen LogP contribution is 2.45. The lowest BCUT2D eigenvalue weighted by molar-refractivity contribution is -0.210. The second-order valence-corrected chi connectivity index (χ2v) is 6.88. The Kier molecular flexibility index (Phi) is 3.74. The van der Waals surface area contributed by atoms with Gasteiger partial charge in [-0.3, -0.25) is 9.59 Å². The number of carbonyl (C=O) groups is 2. The maximum absolute atomic E-state index is 12.6. The Bertz CT molecular complexity index is 759. The molecule has 126 valence electrons. The first-order valence-corrected chi connectivity index (χ1v) is 8.29. The molecule has 1 aromatic carbocycles. The summed E-state index contributed by atoms with van der Waals surface area (Å²) in [6, 6.07) is 6.45. The van der Waals surface area contributed by atoms with Gasteiger partial charge in [0.15, 0.2) is 11.9 Å². The third-order valence-corrected chi connectivity index (χ3v) is 5.57. The van der Waals surface area contributed by atoms with Gasteiger partial charge in [0, 0.05) is 11.1 Å². The number of rotatable bonds is 1. The van der Waals surface area contributed by atoms with E-state index in [1.807, 2.05) is 0 Å². The highest BCUT2D eigenvalue weighted by molar-refractivity contribution is 8.04.